The monoisotopic (exact) mass is 296 g/mol. The van der Waals surface area contributed by atoms with Gasteiger partial charge in [-0.3, -0.25) is 10.1 Å². The second-order valence-electron chi connectivity index (χ2n) is 6.35. The molecule has 1 saturated carbocycles. The van der Waals surface area contributed by atoms with Gasteiger partial charge in [0.15, 0.2) is 0 Å². The van der Waals surface area contributed by atoms with Crippen molar-refractivity contribution < 1.29 is 4.92 Å². The summed E-state index contributed by atoms with van der Waals surface area (Å²) >= 11 is 5.83. The van der Waals surface area contributed by atoms with E-state index in [0.717, 1.165) is 25.7 Å². The van der Waals surface area contributed by atoms with Gasteiger partial charge >= 0.3 is 0 Å². The van der Waals surface area contributed by atoms with E-state index in [1.165, 1.54) is 12.5 Å². The van der Waals surface area contributed by atoms with Crippen molar-refractivity contribution in [3.8, 4) is 0 Å². The van der Waals surface area contributed by atoms with Crippen molar-refractivity contribution in [3.05, 3.63) is 33.3 Å². The molecule has 110 valence electrons. The molecule has 0 heterocycles. The van der Waals surface area contributed by atoms with Gasteiger partial charge in [0, 0.05) is 17.1 Å². The zero-order valence-corrected chi connectivity index (χ0v) is 12.7. The molecule has 1 aliphatic rings. The molecular weight excluding hydrogens is 276 g/mol. The molecule has 1 aliphatic carbocycles. The van der Waals surface area contributed by atoms with Crippen molar-refractivity contribution in [2.75, 3.05) is 5.32 Å². The van der Waals surface area contributed by atoms with Crippen LogP contribution in [0.25, 0.3) is 0 Å². The zero-order chi connectivity index (χ0) is 14.8. The largest absolute Gasteiger partial charge is 0.377 e. The van der Waals surface area contributed by atoms with Crippen LogP contribution in [0, 0.1) is 15.5 Å². The maximum Gasteiger partial charge on any atom is 0.293 e. The van der Waals surface area contributed by atoms with Crippen molar-refractivity contribution in [3.63, 3.8) is 0 Å². The molecule has 0 spiro atoms. The lowest BCUT2D eigenvalue weighted by Gasteiger charge is -2.22. The van der Waals surface area contributed by atoms with Gasteiger partial charge in [0.2, 0.25) is 0 Å². The van der Waals surface area contributed by atoms with Gasteiger partial charge in [-0.2, -0.15) is 0 Å². The van der Waals surface area contributed by atoms with E-state index in [4.69, 9.17) is 11.6 Å². The molecule has 0 radical (unpaired) electrons. The SMILES string of the molecule is CC1(C)CCCC(Nc2ccc(Cl)cc2[N+](=O)[O-])CC1. The molecule has 1 unspecified atom stereocenters. The van der Waals surface area contributed by atoms with Gasteiger partial charge < -0.3 is 5.32 Å². The molecule has 4 nitrogen and oxygen atoms in total. The first kappa shape index (κ1) is 15.1. The molecule has 0 aromatic heterocycles. The number of benzene rings is 1. The molecule has 0 aliphatic heterocycles. The van der Waals surface area contributed by atoms with E-state index < -0.39 is 0 Å². The first-order valence-corrected chi connectivity index (χ1v) is 7.46. The maximum absolute atomic E-state index is 11.1. The van der Waals surface area contributed by atoms with Crippen LogP contribution in [0.4, 0.5) is 11.4 Å². The Morgan fingerprint density at radius 3 is 2.80 bits per heavy atom. The molecule has 0 amide bonds. The molecule has 1 atom stereocenters. The van der Waals surface area contributed by atoms with Gasteiger partial charge in [0.1, 0.15) is 5.69 Å². The Hall–Kier alpha value is -1.29. The fraction of sp³-hybridized carbons (Fsp3) is 0.600. The summed E-state index contributed by atoms with van der Waals surface area (Å²) in [5.41, 5.74) is 1.01. The maximum atomic E-state index is 11.1. The number of hydrogen-bond donors (Lipinski definition) is 1. The van der Waals surface area contributed by atoms with Crippen molar-refractivity contribution in [1.29, 1.82) is 0 Å². The number of hydrogen-bond acceptors (Lipinski definition) is 3. The molecular formula is C15H21ClN2O2. The third-order valence-electron chi connectivity index (χ3n) is 4.09. The summed E-state index contributed by atoms with van der Waals surface area (Å²) in [4.78, 5) is 10.7. The second-order valence-corrected chi connectivity index (χ2v) is 6.79. The lowest BCUT2D eigenvalue weighted by Crippen LogP contribution is -2.19. The number of nitro groups is 1. The molecule has 1 fully saturated rings. The van der Waals surface area contributed by atoms with Crippen LogP contribution < -0.4 is 5.32 Å². The average Bonchev–Trinajstić information content (AvgIpc) is 2.53. The molecule has 0 saturated heterocycles. The number of nitrogens with zero attached hydrogens (tertiary/aromatic N) is 1. The van der Waals surface area contributed by atoms with Crippen molar-refractivity contribution in [2.45, 2.75) is 52.0 Å². The Balaban J connectivity index is 2.12. The molecule has 1 aromatic carbocycles. The van der Waals surface area contributed by atoms with E-state index in [2.05, 4.69) is 19.2 Å². The standard InChI is InChI=1S/C15H21ClN2O2/c1-15(2)8-3-4-12(7-9-15)17-13-6-5-11(16)10-14(13)18(19)20/h5-6,10,12,17H,3-4,7-9H2,1-2H3. The van der Waals surface area contributed by atoms with Crippen LogP contribution in [0.15, 0.2) is 18.2 Å². The number of nitro benzene ring substituents is 1. The third kappa shape index (κ3) is 3.85. The minimum Gasteiger partial charge on any atom is -0.377 e. The van der Waals surface area contributed by atoms with Gasteiger partial charge in [-0.15, -0.1) is 0 Å². The van der Waals surface area contributed by atoms with Gasteiger partial charge in [0.25, 0.3) is 5.69 Å². The summed E-state index contributed by atoms with van der Waals surface area (Å²) in [6.07, 6.45) is 5.63. The molecule has 20 heavy (non-hydrogen) atoms. The van der Waals surface area contributed by atoms with E-state index >= 15 is 0 Å². The minimum absolute atomic E-state index is 0.0565. The topological polar surface area (TPSA) is 55.2 Å². The predicted molar refractivity (Wildman–Crippen MR) is 82.4 cm³/mol. The minimum atomic E-state index is -0.380. The Bertz CT molecular complexity index is 503. The second kappa shape index (κ2) is 6.00. The summed E-state index contributed by atoms with van der Waals surface area (Å²) in [6.45, 7) is 4.58. The lowest BCUT2D eigenvalue weighted by molar-refractivity contribution is -0.384. The normalized spacial score (nSPS) is 22.1. The smallest absolute Gasteiger partial charge is 0.293 e. The van der Waals surface area contributed by atoms with Crippen molar-refractivity contribution in [2.24, 2.45) is 5.41 Å². The first-order chi connectivity index (χ1) is 9.37. The third-order valence-corrected chi connectivity index (χ3v) is 4.33. The van der Waals surface area contributed by atoms with Crippen LogP contribution in [0.2, 0.25) is 5.02 Å². The Morgan fingerprint density at radius 2 is 2.10 bits per heavy atom. The van der Waals surface area contributed by atoms with Crippen LogP contribution in [0.3, 0.4) is 0 Å². The summed E-state index contributed by atoms with van der Waals surface area (Å²) in [5, 5.41) is 14.8. The first-order valence-electron chi connectivity index (χ1n) is 7.08. The fourth-order valence-corrected chi connectivity index (χ4v) is 2.97. The van der Waals surface area contributed by atoms with Crippen LogP contribution >= 0.6 is 11.6 Å². The highest BCUT2D eigenvalue weighted by Gasteiger charge is 2.25. The van der Waals surface area contributed by atoms with Gasteiger partial charge in [-0.05, 0) is 43.2 Å². The highest BCUT2D eigenvalue weighted by atomic mass is 35.5. The van der Waals surface area contributed by atoms with Crippen LogP contribution in [-0.4, -0.2) is 11.0 Å². The number of halogens is 1. The van der Waals surface area contributed by atoms with Crippen LogP contribution in [-0.2, 0) is 0 Å². The summed E-state index contributed by atoms with van der Waals surface area (Å²) in [6, 6.07) is 5.11. The van der Waals surface area contributed by atoms with E-state index in [-0.39, 0.29) is 10.6 Å². The van der Waals surface area contributed by atoms with E-state index in [0.29, 0.717) is 22.2 Å². The fourth-order valence-electron chi connectivity index (χ4n) is 2.80. The van der Waals surface area contributed by atoms with Crippen LogP contribution in [0.5, 0.6) is 0 Å². The summed E-state index contributed by atoms with van der Waals surface area (Å²) < 4.78 is 0. The van der Waals surface area contributed by atoms with Gasteiger partial charge in [-0.25, -0.2) is 0 Å². The van der Waals surface area contributed by atoms with Crippen molar-refractivity contribution >= 4 is 23.0 Å². The zero-order valence-electron chi connectivity index (χ0n) is 12.0. The highest BCUT2D eigenvalue weighted by Crippen LogP contribution is 2.36. The number of rotatable bonds is 3. The highest BCUT2D eigenvalue weighted by molar-refractivity contribution is 6.30. The van der Waals surface area contributed by atoms with Gasteiger partial charge in [0.05, 0.1) is 4.92 Å². The molecule has 0 bridgehead atoms. The van der Waals surface area contributed by atoms with E-state index in [9.17, 15) is 10.1 Å². The predicted octanol–water partition coefficient (Wildman–Crippen LogP) is 5.02. The number of nitrogens with one attached hydrogen (secondary N) is 1. The molecule has 5 heteroatoms. The summed E-state index contributed by atoms with van der Waals surface area (Å²) in [7, 11) is 0. The van der Waals surface area contributed by atoms with E-state index in [1.54, 1.807) is 12.1 Å². The van der Waals surface area contributed by atoms with Gasteiger partial charge in [-0.1, -0.05) is 31.9 Å². The van der Waals surface area contributed by atoms with E-state index in [1.807, 2.05) is 0 Å². The quantitative estimate of drug-likeness (QED) is 0.484. The van der Waals surface area contributed by atoms with Crippen molar-refractivity contribution in [1.82, 2.24) is 0 Å². The number of anilines is 1. The summed E-state index contributed by atoms with van der Waals surface area (Å²) in [5.74, 6) is 0. The lowest BCUT2D eigenvalue weighted by atomic mass is 9.85. The Labute approximate surface area is 124 Å². The molecule has 1 N–H and O–H groups in total. The Morgan fingerprint density at radius 1 is 1.35 bits per heavy atom. The molecule has 2 rings (SSSR count). The van der Waals surface area contributed by atoms with Crippen LogP contribution in [0.1, 0.15) is 46.0 Å². The average molecular weight is 297 g/mol. The molecule has 1 aromatic rings. The Kier molecular flexibility index (Phi) is 4.53.